The average molecular weight is 224 g/mol. The van der Waals surface area contributed by atoms with Gasteiger partial charge in [-0.2, -0.15) is 11.8 Å². The molecule has 78 valence electrons. The molecule has 0 aliphatic heterocycles. The van der Waals surface area contributed by atoms with Gasteiger partial charge in [0.2, 0.25) is 0 Å². The first kappa shape index (κ1) is 15.2. The first-order chi connectivity index (χ1) is 5.91. The van der Waals surface area contributed by atoms with Crippen molar-refractivity contribution in [1.29, 1.82) is 0 Å². The maximum Gasteiger partial charge on any atom is 0.320 e. The minimum absolute atomic E-state index is 0.500. The Bertz CT molecular complexity index is 161. The van der Waals surface area contributed by atoms with Gasteiger partial charge in [0.1, 0.15) is 6.04 Å². The van der Waals surface area contributed by atoms with Crippen LogP contribution in [0.3, 0.4) is 0 Å². The molecule has 4 nitrogen and oxygen atoms in total. The van der Waals surface area contributed by atoms with Crippen LogP contribution in [0.15, 0.2) is 0 Å². The number of hydrogen-bond donors (Lipinski definition) is 3. The van der Waals surface area contributed by atoms with Crippen LogP contribution in [0.2, 0.25) is 0 Å². The van der Waals surface area contributed by atoms with Crippen LogP contribution >= 0.6 is 24.0 Å². The smallest absolute Gasteiger partial charge is 0.320 e. The molecule has 0 aromatic heterocycles. The van der Waals surface area contributed by atoms with E-state index in [1.807, 2.05) is 6.26 Å². The topological polar surface area (TPSA) is 89.3 Å². The van der Waals surface area contributed by atoms with Crippen molar-refractivity contribution in [3.63, 3.8) is 0 Å². The lowest BCUT2D eigenvalue weighted by Crippen LogP contribution is -2.30. The molecule has 1 atom stereocenters. The molecule has 13 heavy (non-hydrogen) atoms. The molecule has 0 saturated heterocycles. The van der Waals surface area contributed by atoms with Crippen LogP contribution in [0.25, 0.3) is 0 Å². The van der Waals surface area contributed by atoms with Gasteiger partial charge in [-0.15, -0.1) is 0 Å². The summed E-state index contributed by atoms with van der Waals surface area (Å²) in [6.07, 6.45) is 2.48. The second kappa shape index (κ2) is 9.76. The van der Waals surface area contributed by atoms with E-state index in [1.54, 1.807) is 18.7 Å². The van der Waals surface area contributed by atoms with Crippen molar-refractivity contribution in [2.24, 2.45) is 11.5 Å². The van der Waals surface area contributed by atoms with Crippen LogP contribution in [-0.4, -0.2) is 34.1 Å². The van der Waals surface area contributed by atoms with E-state index in [4.69, 9.17) is 16.6 Å². The largest absolute Gasteiger partial charge is 0.480 e. The molecular weight excluding hydrogens is 208 g/mol. The molecule has 6 heteroatoms. The average Bonchev–Trinajstić information content (AvgIpc) is 1.98. The minimum atomic E-state index is -0.913. The molecule has 0 aromatic carbocycles. The lowest BCUT2D eigenvalue weighted by molar-refractivity contribution is -0.138. The molecule has 0 heterocycles. The van der Waals surface area contributed by atoms with Gasteiger partial charge in [-0.1, -0.05) is 12.2 Å². The predicted molar refractivity (Wildman–Crippen MR) is 61.1 cm³/mol. The Morgan fingerprint density at radius 1 is 1.69 bits per heavy atom. The fraction of sp³-hybridized carbons (Fsp3) is 0.714. The van der Waals surface area contributed by atoms with Crippen LogP contribution in [0, 0.1) is 0 Å². The van der Waals surface area contributed by atoms with E-state index in [0.717, 1.165) is 5.75 Å². The van der Waals surface area contributed by atoms with E-state index in [2.05, 4.69) is 12.2 Å². The maximum atomic E-state index is 10.1. The van der Waals surface area contributed by atoms with E-state index < -0.39 is 12.0 Å². The summed E-state index contributed by atoms with van der Waals surface area (Å²) in [5.74, 6) is -0.1000. The lowest BCUT2D eigenvalue weighted by atomic mass is 10.2. The molecule has 0 amide bonds. The van der Waals surface area contributed by atoms with Crippen LogP contribution < -0.4 is 11.5 Å². The Hall–Kier alpha value is -0.330. The molecular formula is C7H16N2O2S2. The van der Waals surface area contributed by atoms with Gasteiger partial charge < -0.3 is 16.6 Å². The number of carboxylic acid groups (broad SMARTS) is 1. The van der Waals surface area contributed by atoms with E-state index in [1.165, 1.54) is 0 Å². The third-order valence-electron chi connectivity index (χ3n) is 0.950. The summed E-state index contributed by atoms with van der Waals surface area (Å²) in [4.78, 5) is 10.6. The van der Waals surface area contributed by atoms with Gasteiger partial charge in [0.05, 0.1) is 4.99 Å². The first-order valence-electron chi connectivity index (χ1n) is 3.65. The molecule has 0 fully saturated rings. The number of aliphatic carboxylic acids is 1. The van der Waals surface area contributed by atoms with Crippen molar-refractivity contribution in [3.05, 3.63) is 0 Å². The Balaban J connectivity index is 0. The van der Waals surface area contributed by atoms with Crippen molar-refractivity contribution >= 4 is 34.9 Å². The highest BCUT2D eigenvalue weighted by molar-refractivity contribution is 7.98. The molecule has 0 unspecified atom stereocenters. The van der Waals surface area contributed by atoms with E-state index in [0.29, 0.717) is 11.4 Å². The number of rotatable bonds is 4. The van der Waals surface area contributed by atoms with E-state index in [9.17, 15) is 4.79 Å². The fourth-order valence-corrected chi connectivity index (χ4v) is 0.858. The Morgan fingerprint density at radius 3 is 2.31 bits per heavy atom. The highest BCUT2D eigenvalue weighted by atomic mass is 32.2. The van der Waals surface area contributed by atoms with Gasteiger partial charge >= 0.3 is 5.97 Å². The van der Waals surface area contributed by atoms with Gasteiger partial charge in [0.15, 0.2) is 0 Å². The normalized spacial score (nSPS) is 11.0. The zero-order valence-corrected chi connectivity index (χ0v) is 9.45. The number of hydrogen-bond acceptors (Lipinski definition) is 4. The zero-order chi connectivity index (χ0) is 10.9. The van der Waals surface area contributed by atoms with Crippen molar-refractivity contribution in [2.75, 3.05) is 12.0 Å². The quantitative estimate of drug-likeness (QED) is 0.601. The summed E-state index contributed by atoms with van der Waals surface area (Å²) in [7, 11) is 0. The van der Waals surface area contributed by atoms with Crippen molar-refractivity contribution in [3.8, 4) is 0 Å². The summed E-state index contributed by atoms with van der Waals surface area (Å²) >= 11 is 5.92. The molecule has 0 saturated carbocycles. The summed E-state index contributed by atoms with van der Waals surface area (Å²) in [6, 6.07) is -0.683. The zero-order valence-electron chi connectivity index (χ0n) is 7.82. The van der Waals surface area contributed by atoms with Gasteiger partial charge in [-0.3, -0.25) is 4.79 Å². The van der Waals surface area contributed by atoms with Gasteiger partial charge in [0.25, 0.3) is 0 Å². The summed E-state index contributed by atoms with van der Waals surface area (Å²) < 4.78 is 0. The third kappa shape index (κ3) is 18.5. The second-order valence-electron chi connectivity index (χ2n) is 2.34. The minimum Gasteiger partial charge on any atom is -0.480 e. The Kier molecular flexibility index (Phi) is 11.4. The molecule has 5 N–H and O–H groups in total. The standard InChI is InChI=1S/C5H11NO2S.C2H5NS/c1-9-3-2-4(6)5(7)8;1-2(3)4/h4H,2-3,6H2,1H3,(H,7,8);1H3,(H2,3,4)/t4-;/m0./s1. The number of nitrogens with two attached hydrogens (primary N) is 2. The highest BCUT2D eigenvalue weighted by Gasteiger charge is 2.08. The monoisotopic (exact) mass is 224 g/mol. The predicted octanol–water partition coefficient (Wildman–Crippen LogP) is 0.444. The number of thiocarbonyl (C=S) groups is 1. The van der Waals surface area contributed by atoms with E-state index >= 15 is 0 Å². The van der Waals surface area contributed by atoms with Gasteiger partial charge in [-0.05, 0) is 25.4 Å². The highest BCUT2D eigenvalue weighted by Crippen LogP contribution is 1.97. The third-order valence-corrected chi connectivity index (χ3v) is 1.59. The lowest BCUT2D eigenvalue weighted by Gasteiger charge is -2.02. The van der Waals surface area contributed by atoms with Gasteiger partial charge in [-0.25, -0.2) is 0 Å². The maximum absolute atomic E-state index is 10.1. The Morgan fingerprint density at radius 2 is 2.08 bits per heavy atom. The number of thioether (sulfide) groups is 1. The fourth-order valence-electron chi connectivity index (χ4n) is 0.368. The Labute approximate surface area is 88.1 Å². The van der Waals surface area contributed by atoms with Crippen molar-refractivity contribution < 1.29 is 9.90 Å². The summed E-state index contributed by atoms with van der Waals surface area (Å²) in [6.45, 7) is 1.68. The van der Waals surface area contributed by atoms with Crippen LogP contribution in [-0.2, 0) is 4.79 Å². The molecule has 0 aromatic rings. The summed E-state index contributed by atoms with van der Waals surface area (Å²) in [5, 5.41) is 8.27. The molecule has 0 aliphatic carbocycles. The molecule has 0 radical (unpaired) electrons. The SMILES string of the molecule is CC(N)=S.CSCC[C@H](N)C(=O)O. The van der Waals surface area contributed by atoms with Crippen molar-refractivity contribution in [2.45, 2.75) is 19.4 Å². The first-order valence-corrected chi connectivity index (χ1v) is 5.45. The van der Waals surface area contributed by atoms with Crippen LogP contribution in [0.5, 0.6) is 0 Å². The number of carbonyl (C=O) groups is 1. The van der Waals surface area contributed by atoms with Gasteiger partial charge in [0, 0.05) is 0 Å². The number of carboxylic acids is 1. The molecule has 0 spiro atoms. The van der Waals surface area contributed by atoms with Crippen LogP contribution in [0.4, 0.5) is 0 Å². The van der Waals surface area contributed by atoms with Crippen molar-refractivity contribution in [1.82, 2.24) is 0 Å². The molecule has 0 aliphatic rings. The molecule has 0 bridgehead atoms. The van der Waals surface area contributed by atoms with E-state index in [-0.39, 0.29) is 0 Å². The molecule has 0 rings (SSSR count). The summed E-state index contributed by atoms with van der Waals surface area (Å²) in [5.41, 5.74) is 10.0. The van der Waals surface area contributed by atoms with Crippen LogP contribution in [0.1, 0.15) is 13.3 Å². The second-order valence-corrected chi connectivity index (χ2v) is 3.97.